The molecule has 0 heterocycles. The van der Waals surface area contributed by atoms with Crippen molar-refractivity contribution >= 4 is 0 Å². The molecule has 3 nitrogen and oxygen atoms in total. The molecule has 0 fully saturated rings. The molecule has 0 aromatic heterocycles. The van der Waals surface area contributed by atoms with E-state index in [0.29, 0.717) is 6.61 Å². The first-order valence-electron chi connectivity index (χ1n) is 5.49. The SMILES string of the molecule is COCCC(N)c1cc(C)c(OC)cc1C. The summed E-state index contributed by atoms with van der Waals surface area (Å²) in [6, 6.07) is 4.18. The molecule has 0 aliphatic carbocycles. The van der Waals surface area contributed by atoms with E-state index in [4.69, 9.17) is 15.2 Å². The van der Waals surface area contributed by atoms with Crippen LogP contribution < -0.4 is 10.5 Å². The summed E-state index contributed by atoms with van der Waals surface area (Å²) in [5, 5.41) is 0. The van der Waals surface area contributed by atoms with Gasteiger partial charge in [-0.25, -0.2) is 0 Å². The van der Waals surface area contributed by atoms with Crippen LogP contribution in [-0.2, 0) is 4.74 Å². The fraction of sp³-hybridized carbons (Fsp3) is 0.538. The van der Waals surface area contributed by atoms with E-state index < -0.39 is 0 Å². The van der Waals surface area contributed by atoms with E-state index >= 15 is 0 Å². The quantitative estimate of drug-likeness (QED) is 0.833. The lowest BCUT2D eigenvalue weighted by Gasteiger charge is -2.17. The molecule has 0 aliphatic heterocycles. The molecule has 1 aromatic rings. The van der Waals surface area contributed by atoms with Crippen molar-refractivity contribution in [1.82, 2.24) is 0 Å². The van der Waals surface area contributed by atoms with Crippen LogP contribution in [0.1, 0.15) is 29.2 Å². The maximum absolute atomic E-state index is 6.12. The molecule has 1 unspecified atom stereocenters. The molecule has 2 N–H and O–H groups in total. The Bertz CT molecular complexity index is 350. The number of rotatable bonds is 5. The van der Waals surface area contributed by atoms with Crippen LogP contribution in [-0.4, -0.2) is 20.8 Å². The summed E-state index contributed by atoms with van der Waals surface area (Å²) in [4.78, 5) is 0. The van der Waals surface area contributed by atoms with Crippen LogP contribution in [0, 0.1) is 13.8 Å². The Morgan fingerprint density at radius 1 is 1.19 bits per heavy atom. The largest absolute Gasteiger partial charge is 0.496 e. The Morgan fingerprint density at radius 3 is 2.44 bits per heavy atom. The third-order valence-corrected chi connectivity index (χ3v) is 2.82. The zero-order chi connectivity index (χ0) is 12.1. The van der Waals surface area contributed by atoms with E-state index in [1.807, 2.05) is 13.0 Å². The van der Waals surface area contributed by atoms with Gasteiger partial charge in [0.2, 0.25) is 0 Å². The van der Waals surface area contributed by atoms with Gasteiger partial charge in [-0.3, -0.25) is 0 Å². The van der Waals surface area contributed by atoms with Gasteiger partial charge >= 0.3 is 0 Å². The van der Waals surface area contributed by atoms with Gasteiger partial charge < -0.3 is 15.2 Å². The summed E-state index contributed by atoms with van der Waals surface area (Å²) in [6.45, 7) is 4.78. The second-order valence-corrected chi connectivity index (χ2v) is 4.07. The van der Waals surface area contributed by atoms with Crippen LogP contribution in [0.25, 0.3) is 0 Å². The van der Waals surface area contributed by atoms with Gasteiger partial charge in [0.25, 0.3) is 0 Å². The van der Waals surface area contributed by atoms with E-state index in [1.165, 1.54) is 11.1 Å². The van der Waals surface area contributed by atoms with Crippen molar-refractivity contribution in [3.8, 4) is 5.75 Å². The minimum absolute atomic E-state index is 0.0320. The van der Waals surface area contributed by atoms with Gasteiger partial charge in [-0.15, -0.1) is 0 Å². The topological polar surface area (TPSA) is 44.5 Å². The van der Waals surface area contributed by atoms with E-state index in [9.17, 15) is 0 Å². The Balaban J connectivity index is 2.92. The smallest absolute Gasteiger partial charge is 0.122 e. The summed E-state index contributed by atoms with van der Waals surface area (Å²) < 4.78 is 10.3. The third kappa shape index (κ3) is 2.97. The van der Waals surface area contributed by atoms with Crippen molar-refractivity contribution in [2.45, 2.75) is 26.3 Å². The molecule has 1 atom stereocenters. The van der Waals surface area contributed by atoms with E-state index in [0.717, 1.165) is 17.7 Å². The van der Waals surface area contributed by atoms with Crippen molar-refractivity contribution in [2.24, 2.45) is 5.73 Å². The molecule has 0 amide bonds. The molecule has 0 spiro atoms. The molecule has 0 saturated carbocycles. The first-order chi connectivity index (χ1) is 7.60. The lowest BCUT2D eigenvalue weighted by Crippen LogP contribution is -2.14. The predicted molar refractivity (Wildman–Crippen MR) is 65.9 cm³/mol. The molecular weight excluding hydrogens is 202 g/mol. The normalized spacial score (nSPS) is 12.6. The van der Waals surface area contributed by atoms with E-state index in [1.54, 1.807) is 14.2 Å². The Labute approximate surface area is 97.6 Å². The zero-order valence-corrected chi connectivity index (χ0v) is 10.5. The number of ether oxygens (including phenoxy) is 2. The van der Waals surface area contributed by atoms with Crippen LogP contribution in [0.15, 0.2) is 12.1 Å². The predicted octanol–water partition coefficient (Wildman–Crippen LogP) is 2.35. The molecule has 16 heavy (non-hydrogen) atoms. The Hall–Kier alpha value is -1.06. The molecule has 0 bridgehead atoms. The summed E-state index contributed by atoms with van der Waals surface area (Å²) >= 11 is 0. The monoisotopic (exact) mass is 223 g/mol. The average molecular weight is 223 g/mol. The summed E-state index contributed by atoms with van der Waals surface area (Å²) in [7, 11) is 3.38. The first kappa shape index (κ1) is 13.0. The van der Waals surface area contributed by atoms with Crippen LogP contribution in [0.5, 0.6) is 5.75 Å². The fourth-order valence-corrected chi connectivity index (χ4v) is 1.83. The van der Waals surface area contributed by atoms with Crippen molar-refractivity contribution in [3.05, 3.63) is 28.8 Å². The lowest BCUT2D eigenvalue weighted by atomic mass is 9.97. The van der Waals surface area contributed by atoms with Gasteiger partial charge in [0.05, 0.1) is 7.11 Å². The number of nitrogens with two attached hydrogens (primary N) is 1. The van der Waals surface area contributed by atoms with Gasteiger partial charge in [0, 0.05) is 19.8 Å². The van der Waals surface area contributed by atoms with Gasteiger partial charge in [-0.1, -0.05) is 6.07 Å². The first-order valence-corrected chi connectivity index (χ1v) is 5.49. The Kier molecular flexibility index (Phi) is 4.77. The third-order valence-electron chi connectivity index (χ3n) is 2.82. The summed E-state index contributed by atoms with van der Waals surface area (Å²) in [5.41, 5.74) is 9.59. The molecule has 0 radical (unpaired) electrons. The van der Waals surface area contributed by atoms with Gasteiger partial charge in [-0.05, 0) is 43.0 Å². The number of hydrogen-bond donors (Lipinski definition) is 1. The van der Waals surface area contributed by atoms with Crippen LogP contribution in [0.4, 0.5) is 0 Å². The number of methoxy groups -OCH3 is 2. The highest BCUT2D eigenvalue weighted by Gasteiger charge is 2.11. The molecular formula is C13H21NO2. The molecule has 1 aromatic carbocycles. The highest BCUT2D eigenvalue weighted by Crippen LogP contribution is 2.26. The molecule has 0 saturated heterocycles. The van der Waals surface area contributed by atoms with Crippen molar-refractivity contribution in [1.29, 1.82) is 0 Å². The minimum Gasteiger partial charge on any atom is -0.496 e. The van der Waals surface area contributed by atoms with Crippen LogP contribution in [0.3, 0.4) is 0 Å². The Morgan fingerprint density at radius 2 is 1.88 bits per heavy atom. The highest BCUT2D eigenvalue weighted by molar-refractivity contribution is 5.42. The van der Waals surface area contributed by atoms with Crippen molar-refractivity contribution < 1.29 is 9.47 Å². The maximum atomic E-state index is 6.12. The number of benzene rings is 1. The average Bonchev–Trinajstić information content (AvgIpc) is 2.28. The van der Waals surface area contributed by atoms with Crippen LogP contribution >= 0.6 is 0 Å². The molecule has 1 rings (SSSR count). The second kappa shape index (κ2) is 5.87. The van der Waals surface area contributed by atoms with E-state index in [2.05, 4.69) is 13.0 Å². The van der Waals surface area contributed by atoms with Crippen LogP contribution in [0.2, 0.25) is 0 Å². The standard InChI is InChI=1S/C13H21NO2/c1-9-8-13(16-4)10(2)7-11(9)12(14)5-6-15-3/h7-8,12H,5-6,14H2,1-4H3. The van der Waals surface area contributed by atoms with Gasteiger partial charge in [0.15, 0.2) is 0 Å². The van der Waals surface area contributed by atoms with Crippen molar-refractivity contribution in [3.63, 3.8) is 0 Å². The lowest BCUT2D eigenvalue weighted by molar-refractivity contribution is 0.188. The van der Waals surface area contributed by atoms with Gasteiger partial charge in [0.1, 0.15) is 5.75 Å². The molecule has 0 aliphatic rings. The fourth-order valence-electron chi connectivity index (χ4n) is 1.83. The maximum Gasteiger partial charge on any atom is 0.122 e. The second-order valence-electron chi connectivity index (χ2n) is 4.07. The number of aryl methyl sites for hydroxylation is 2. The highest BCUT2D eigenvalue weighted by atomic mass is 16.5. The van der Waals surface area contributed by atoms with E-state index in [-0.39, 0.29) is 6.04 Å². The minimum atomic E-state index is 0.0320. The zero-order valence-electron chi connectivity index (χ0n) is 10.5. The summed E-state index contributed by atoms with van der Waals surface area (Å²) in [6.07, 6.45) is 0.836. The molecule has 3 heteroatoms. The molecule has 90 valence electrons. The summed E-state index contributed by atoms with van der Waals surface area (Å²) in [5.74, 6) is 0.917. The number of hydrogen-bond acceptors (Lipinski definition) is 3. The van der Waals surface area contributed by atoms with Gasteiger partial charge in [-0.2, -0.15) is 0 Å². The van der Waals surface area contributed by atoms with Crippen molar-refractivity contribution in [2.75, 3.05) is 20.8 Å².